The smallest absolute Gasteiger partial charge is 0.253 e. The van der Waals surface area contributed by atoms with Crippen molar-refractivity contribution in [3.8, 4) is 11.1 Å². The van der Waals surface area contributed by atoms with Gasteiger partial charge in [0.1, 0.15) is 12.8 Å². The first-order valence-corrected chi connectivity index (χ1v) is 11.1. The summed E-state index contributed by atoms with van der Waals surface area (Å²) in [5.41, 5.74) is 3.87. The lowest BCUT2D eigenvalue weighted by atomic mass is 9.98. The van der Waals surface area contributed by atoms with Crippen molar-refractivity contribution in [1.82, 2.24) is 10.2 Å². The highest BCUT2D eigenvalue weighted by Crippen LogP contribution is 2.25. The van der Waals surface area contributed by atoms with Crippen LogP contribution in [0.4, 0.5) is 4.39 Å². The molecule has 2 aromatic rings. The molecule has 1 amide bonds. The molecule has 2 atom stereocenters. The number of carbonyl (C=O) groups excluding carboxylic acids is 1. The number of alkyl halides is 3. The van der Waals surface area contributed by atoms with Crippen molar-refractivity contribution in [1.29, 1.82) is 0 Å². The van der Waals surface area contributed by atoms with E-state index < -0.39 is 29.6 Å². The minimum Gasteiger partial charge on any atom is -0.386 e. The van der Waals surface area contributed by atoms with Crippen molar-refractivity contribution in [2.45, 2.75) is 42.8 Å². The van der Waals surface area contributed by atoms with Gasteiger partial charge in [-0.3, -0.25) is 9.69 Å². The highest BCUT2D eigenvalue weighted by molar-refractivity contribution is 6.53. The topological polar surface area (TPSA) is 52.6 Å². The maximum atomic E-state index is 13.3. The molecule has 1 fully saturated rings. The number of hydrogen-bond donors (Lipinski definition) is 2. The molecular weight excluding hydrogens is 426 g/mol. The van der Waals surface area contributed by atoms with Crippen molar-refractivity contribution < 1.29 is 14.3 Å². The zero-order valence-electron chi connectivity index (χ0n) is 16.7. The van der Waals surface area contributed by atoms with Crippen molar-refractivity contribution in [3.05, 3.63) is 59.7 Å². The maximum Gasteiger partial charge on any atom is 0.253 e. The van der Waals surface area contributed by atoms with E-state index in [0.29, 0.717) is 5.56 Å². The van der Waals surface area contributed by atoms with Gasteiger partial charge in [-0.05, 0) is 48.2 Å². The lowest BCUT2D eigenvalue weighted by molar-refractivity contribution is -0.121. The molecule has 0 radical (unpaired) electrons. The summed E-state index contributed by atoms with van der Waals surface area (Å²) in [5.74, 6) is -0.735. The zero-order valence-corrected chi connectivity index (χ0v) is 18.2. The molecule has 3 rings (SSSR count). The molecule has 1 aliphatic heterocycles. The SMILES string of the molecule is O=C(N[C@H](CF)[C@H](O)c1ccc(-c2ccc(CN3CCCCC3)cc2)cc1)C(Cl)Cl. The number of nitrogens with one attached hydrogen (secondary N) is 1. The molecule has 30 heavy (non-hydrogen) atoms. The number of halogens is 3. The Hall–Kier alpha value is -1.66. The molecule has 4 nitrogen and oxygen atoms in total. The van der Waals surface area contributed by atoms with E-state index in [1.165, 1.54) is 37.9 Å². The van der Waals surface area contributed by atoms with Gasteiger partial charge in [0, 0.05) is 6.54 Å². The number of aliphatic hydroxyl groups is 1. The minimum atomic E-state index is -1.31. The van der Waals surface area contributed by atoms with Crippen LogP contribution in [0.2, 0.25) is 0 Å². The molecule has 2 N–H and O–H groups in total. The Morgan fingerprint density at radius 3 is 2.10 bits per heavy atom. The summed E-state index contributed by atoms with van der Waals surface area (Å²) in [6, 6.07) is 14.6. The average molecular weight is 453 g/mol. The standard InChI is InChI=1S/C23H27Cl2FN2O2/c24-22(25)23(30)27-20(14-26)21(29)19-10-8-18(9-11-19)17-6-4-16(5-7-17)15-28-12-2-1-3-13-28/h4-11,20-22,29H,1-3,12-15H2,(H,27,30)/t20-,21-/m1/s1. The summed E-state index contributed by atoms with van der Waals surface area (Å²) in [6.07, 6.45) is 2.69. The average Bonchev–Trinajstić information content (AvgIpc) is 2.78. The highest BCUT2D eigenvalue weighted by Gasteiger charge is 2.25. The molecule has 0 unspecified atom stereocenters. The van der Waals surface area contributed by atoms with Gasteiger partial charge in [0.15, 0.2) is 4.84 Å². The monoisotopic (exact) mass is 452 g/mol. The van der Waals surface area contributed by atoms with E-state index in [4.69, 9.17) is 23.2 Å². The van der Waals surface area contributed by atoms with Gasteiger partial charge in [-0.25, -0.2) is 4.39 Å². The van der Waals surface area contributed by atoms with Crippen LogP contribution in [0.25, 0.3) is 11.1 Å². The van der Waals surface area contributed by atoms with Crippen molar-refractivity contribution in [2.75, 3.05) is 19.8 Å². The number of benzene rings is 2. The quantitative estimate of drug-likeness (QED) is 0.573. The van der Waals surface area contributed by atoms with E-state index in [-0.39, 0.29) is 0 Å². The van der Waals surface area contributed by atoms with Gasteiger partial charge in [-0.15, -0.1) is 0 Å². The lowest BCUT2D eigenvalue weighted by Crippen LogP contribution is -2.43. The third-order valence-corrected chi connectivity index (χ3v) is 5.86. The number of carbonyl (C=O) groups is 1. The Labute approximate surface area is 187 Å². The second kappa shape index (κ2) is 11.1. The second-order valence-corrected chi connectivity index (χ2v) is 8.77. The Morgan fingerprint density at radius 2 is 1.57 bits per heavy atom. The predicted octanol–water partition coefficient (Wildman–Crippen LogP) is 4.63. The highest BCUT2D eigenvalue weighted by atomic mass is 35.5. The van der Waals surface area contributed by atoms with Crippen LogP contribution in [0.5, 0.6) is 0 Å². The lowest BCUT2D eigenvalue weighted by Gasteiger charge is -2.26. The van der Waals surface area contributed by atoms with Crippen LogP contribution < -0.4 is 5.32 Å². The number of hydrogen-bond acceptors (Lipinski definition) is 3. The summed E-state index contributed by atoms with van der Waals surface area (Å²) in [4.78, 5) is 12.8. The first-order chi connectivity index (χ1) is 14.5. The van der Waals surface area contributed by atoms with Crippen LogP contribution in [-0.2, 0) is 11.3 Å². The molecule has 2 aromatic carbocycles. The fourth-order valence-corrected chi connectivity index (χ4v) is 3.86. The van der Waals surface area contributed by atoms with Crippen LogP contribution in [0, 0.1) is 0 Å². The third kappa shape index (κ3) is 6.17. The van der Waals surface area contributed by atoms with Gasteiger partial charge >= 0.3 is 0 Å². The van der Waals surface area contributed by atoms with Gasteiger partial charge < -0.3 is 10.4 Å². The van der Waals surface area contributed by atoms with Gasteiger partial charge in [-0.1, -0.05) is 78.2 Å². The molecule has 0 bridgehead atoms. The molecule has 0 spiro atoms. The Morgan fingerprint density at radius 1 is 1.00 bits per heavy atom. The first-order valence-electron chi connectivity index (χ1n) is 10.2. The number of rotatable bonds is 8. The van der Waals surface area contributed by atoms with Crippen molar-refractivity contribution >= 4 is 29.1 Å². The summed E-state index contributed by atoms with van der Waals surface area (Å²) in [7, 11) is 0. The van der Waals surface area contributed by atoms with Crippen molar-refractivity contribution in [3.63, 3.8) is 0 Å². The fourth-order valence-electron chi connectivity index (χ4n) is 3.73. The molecule has 0 saturated carbocycles. The number of aliphatic hydroxyl groups excluding tert-OH is 1. The van der Waals surface area contributed by atoms with Crippen LogP contribution in [0.15, 0.2) is 48.5 Å². The zero-order chi connectivity index (χ0) is 21.5. The molecule has 0 aromatic heterocycles. The van der Waals surface area contributed by atoms with Gasteiger partial charge in [-0.2, -0.15) is 0 Å². The summed E-state index contributed by atoms with van der Waals surface area (Å²) < 4.78 is 13.3. The van der Waals surface area contributed by atoms with E-state index in [9.17, 15) is 14.3 Å². The molecule has 1 saturated heterocycles. The molecule has 1 aliphatic rings. The van der Waals surface area contributed by atoms with E-state index in [1.54, 1.807) is 12.1 Å². The van der Waals surface area contributed by atoms with Crippen LogP contribution in [0.1, 0.15) is 36.5 Å². The molecule has 7 heteroatoms. The predicted molar refractivity (Wildman–Crippen MR) is 119 cm³/mol. The normalized spacial score (nSPS) is 17.0. The fraction of sp³-hybridized carbons (Fsp3) is 0.435. The van der Waals surface area contributed by atoms with Crippen LogP contribution >= 0.6 is 23.2 Å². The second-order valence-electron chi connectivity index (χ2n) is 7.67. The van der Waals surface area contributed by atoms with E-state index in [2.05, 4.69) is 34.5 Å². The van der Waals surface area contributed by atoms with Gasteiger partial charge in [0.2, 0.25) is 0 Å². The number of piperidine rings is 1. The molecular formula is C23H27Cl2FN2O2. The van der Waals surface area contributed by atoms with Gasteiger partial charge in [0.05, 0.1) is 6.04 Å². The molecule has 162 valence electrons. The number of likely N-dealkylation sites (tertiary alicyclic amines) is 1. The minimum absolute atomic E-state index is 0.504. The van der Waals surface area contributed by atoms with Crippen molar-refractivity contribution in [2.24, 2.45) is 0 Å². The molecule has 1 heterocycles. The Balaban J connectivity index is 1.63. The maximum absolute atomic E-state index is 13.3. The first kappa shape index (κ1) is 23.0. The van der Waals surface area contributed by atoms with E-state index in [1.807, 2.05) is 12.1 Å². The van der Waals surface area contributed by atoms with E-state index >= 15 is 0 Å². The Kier molecular flexibility index (Phi) is 8.51. The molecule has 0 aliphatic carbocycles. The summed E-state index contributed by atoms with van der Waals surface area (Å²) in [6.45, 7) is 2.38. The summed E-state index contributed by atoms with van der Waals surface area (Å²) in [5, 5.41) is 12.7. The Bertz CT molecular complexity index is 809. The summed E-state index contributed by atoms with van der Waals surface area (Å²) >= 11 is 11.0. The van der Waals surface area contributed by atoms with Crippen LogP contribution in [-0.4, -0.2) is 46.6 Å². The number of amides is 1. The van der Waals surface area contributed by atoms with Crippen LogP contribution in [0.3, 0.4) is 0 Å². The largest absolute Gasteiger partial charge is 0.386 e. The van der Waals surface area contributed by atoms with E-state index in [0.717, 1.165) is 17.7 Å². The van der Waals surface area contributed by atoms with Gasteiger partial charge in [0.25, 0.3) is 5.91 Å². The number of nitrogens with zero attached hydrogens (tertiary/aromatic N) is 1. The third-order valence-electron chi connectivity index (χ3n) is 5.47.